The maximum absolute atomic E-state index is 11.8. The van der Waals surface area contributed by atoms with E-state index >= 15 is 0 Å². The summed E-state index contributed by atoms with van der Waals surface area (Å²) >= 11 is 0. The standard InChI is InChI=1S/C23H37N5O.HI/c1-24-23(25-14-4-2-5-15-27-16-6-3-7-17-27)26-19-20-10-12-21(13-11-20)28-18-8-9-22(28)29;/h10-13H,2-9,14-19H2,1H3,(H2,24,25,26);1H. The van der Waals surface area contributed by atoms with Crippen molar-refractivity contribution in [3.63, 3.8) is 0 Å². The number of hydrogen-bond acceptors (Lipinski definition) is 3. The van der Waals surface area contributed by atoms with Gasteiger partial charge in [-0.25, -0.2) is 0 Å². The smallest absolute Gasteiger partial charge is 0.227 e. The lowest BCUT2D eigenvalue weighted by atomic mass is 10.1. The van der Waals surface area contributed by atoms with Crippen LogP contribution < -0.4 is 15.5 Å². The number of amides is 1. The van der Waals surface area contributed by atoms with Gasteiger partial charge in [0.05, 0.1) is 0 Å². The van der Waals surface area contributed by atoms with E-state index in [1.807, 2.05) is 24.1 Å². The van der Waals surface area contributed by atoms with Crippen LogP contribution in [0.2, 0.25) is 0 Å². The third kappa shape index (κ3) is 8.06. The highest BCUT2D eigenvalue weighted by Crippen LogP contribution is 2.21. The minimum absolute atomic E-state index is 0. The molecule has 0 aliphatic carbocycles. The molecule has 2 aliphatic rings. The predicted molar refractivity (Wildman–Crippen MR) is 136 cm³/mol. The minimum atomic E-state index is 0. The summed E-state index contributed by atoms with van der Waals surface area (Å²) in [6.07, 6.45) is 9.52. The van der Waals surface area contributed by atoms with Gasteiger partial charge in [0.25, 0.3) is 0 Å². The zero-order valence-corrected chi connectivity index (χ0v) is 20.7. The molecule has 0 bridgehead atoms. The van der Waals surface area contributed by atoms with Gasteiger partial charge in [0.1, 0.15) is 0 Å². The molecule has 168 valence electrons. The number of anilines is 1. The summed E-state index contributed by atoms with van der Waals surface area (Å²) in [6.45, 7) is 6.36. The first-order valence-corrected chi connectivity index (χ1v) is 11.3. The number of halogens is 1. The van der Waals surface area contributed by atoms with Crippen LogP contribution in [0.15, 0.2) is 29.3 Å². The average molecular weight is 527 g/mol. The van der Waals surface area contributed by atoms with Crippen LogP contribution in [0.5, 0.6) is 0 Å². The molecule has 6 nitrogen and oxygen atoms in total. The van der Waals surface area contributed by atoms with Crippen molar-refractivity contribution in [1.29, 1.82) is 0 Å². The van der Waals surface area contributed by atoms with Crippen LogP contribution in [0.25, 0.3) is 0 Å². The molecule has 0 radical (unpaired) electrons. The Morgan fingerprint density at radius 1 is 0.967 bits per heavy atom. The molecule has 2 aliphatic heterocycles. The first-order valence-electron chi connectivity index (χ1n) is 11.3. The van der Waals surface area contributed by atoms with Crippen LogP contribution >= 0.6 is 24.0 Å². The third-order valence-corrected chi connectivity index (χ3v) is 5.90. The maximum Gasteiger partial charge on any atom is 0.227 e. The van der Waals surface area contributed by atoms with Gasteiger partial charge in [-0.05, 0) is 69.4 Å². The van der Waals surface area contributed by atoms with Crippen LogP contribution in [-0.4, -0.2) is 56.5 Å². The minimum Gasteiger partial charge on any atom is -0.356 e. The van der Waals surface area contributed by atoms with Crippen molar-refractivity contribution in [2.75, 3.05) is 44.7 Å². The van der Waals surface area contributed by atoms with E-state index in [4.69, 9.17) is 0 Å². The number of carbonyl (C=O) groups excluding carboxylic acids is 1. The van der Waals surface area contributed by atoms with E-state index in [1.165, 1.54) is 63.7 Å². The summed E-state index contributed by atoms with van der Waals surface area (Å²) < 4.78 is 0. The molecule has 3 rings (SSSR count). The topological polar surface area (TPSA) is 60.0 Å². The van der Waals surface area contributed by atoms with E-state index in [0.717, 1.165) is 37.7 Å². The normalized spacial score (nSPS) is 17.7. The van der Waals surface area contributed by atoms with Crippen LogP contribution in [0, 0.1) is 0 Å². The Morgan fingerprint density at radius 3 is 2.40 bits per heavy atom. The molecule has 1 amide bonds. The van der Waals surface area contributed by atoms with E-state index in [2.05, 4.69) is 32.7 Å². The molecule has 2 saturated heterocycles. The number of aliphatic imine (C=N–C) groups is 1. The van der Waals surface area contributed by atoms with Gasteiger partial charge in [0.2, 0.25) is 5.91 Å². The van der Waals surface area contributed by atoms with Gasteiger partial charge in [0, 0.05) is 38.8 Å². The second-order valence-electron chi connectivity index (χ2n) is 8.13. The molecule has 2 N–H and O–H groups in total. The van der Waals surface area contributed by atoms with E-state index < -0.39 is 0 Å². The molecule has 7 heteroatoms. The molecular formula is C23H38IN5O. The lowest BCUT2D eigenvalue weighted by Gasteiger charge is -2.26. The summed E-state index contributed by atoms with van der Waals surface area (Å²) in [6, 6.07) is 8.25. The number of hydrogen-bond donors (Lipinski definition) is 2. The van der Waals surface area contributed by atoms with Crippen LogP contribution in [0.3, 0.4) is 0 Å². The highest BCUT2D eigenvalue weighted by atomic mass is 127. The van der Waals surface area contributed by atoms with Gasteiger partial charge in [-0.15, -0.1) is 24.0 Å². The summed E-state index contributed by atoms with van der Waals surface area (Å²) in [5.41, 5.74) is 2.19. The molecule has 0 spiro atoms. The second kappa shape index (κ2) is 13.9. The number of likely N-dealkylation sites (tertiary alicyclic amines) is 1. The predicted octanol–water partition coefficient (Wildman–Crippen LogP) is 3.75. The van der Waals surface area contributed by atoms with Crippen LogP contribution in [-0.2, 0) is 11.3 Å². The molecule has 2 heterocycles. The van der Waals surface area contributed by atoms with Gasteiger partial charge in [-0.3, -0.25) is 9.79 Å². The molecule has 0 unspecified atom stereocenters. The summed E-state index contributed by atoms with van der Waals surface area (Å²) in [5, 5.41) is 6.79. The lowest BCUT2D eigenvalue weighted by molar-refractivity contribution is -0.117. The second-order valence-corrected chi connectivity index (χ2v) is 8.13. The molecule has 1 aromatic carbocycles. The van der Waals surface area contributed by atoms with Gasteiger partial charge in [-0.1, -0.05) is 25.0 Å². The Kier molecular flexibility index (Phi) is 11.5. The van der Waals surface area contributed by atoms with Crippen molar-refractivity contribution in [2.24, 2.45) is 4.99 Å². The van der Waals surface area contributed by atoms with Crippen molar-refractivity contribution >= 4 is 41.5 Å². The summed E-state index contributed by atoms with van der Waals surface area (Å²) in [4.78, 5) is 20.7. The molecular weight excluding hydrogens is 489 g/mol. The number of piperidine rings is 1. The number of carbonyl (C=O) groups is 1. The number of rotatable bonds is 9. The summed E-state index contributed by atoms with van der Waals surface area (Å²) in [7, 11) is 1.81. The fourth-order valence-corrected chi connectivity index (χ4v) is 4.15. The van der Waals surface area contributed by atoms with Crippen molar-refractivity contribution in [3.8, 4) is 0 Å². The number of nitrogens with one attached hydrogen (secondary N) is 2. The summed E-state index contributed by atoms with van der Waals surface area (Å²) in [5.74, 6) is 1.08. The fraction of sp³-hybridized carbons (Fsp3) is 0.652. The zero-order chi connectivity index (χ0) is 20.3. The Balaban J connectivity index is 0.00000320. The van der Waals surface area contributed by atoms with E-state index in [9.17, 15) is 4.79 Å². The SMILES string of the molecule is CN=C(NCCCCCN1CCCCC1)NCc1ccc(N2CCCC2=O)cc1.I. The molecule has 2 fully saturated rings. The van der Waals surface area contributed by atoms with Crippen LogP contribution in [0.4, 0.5) is 5.69 Å². The van der Waals surface area contributed by atoms with Crippen molar-refractivity contribution in [1.82, 2.24) is 15.5 Å². The highest BCUT2D eigenvalue weighted by Gasteiger charge is 2.21. The van der Waals surface area contributed by atoms with Gasteiger partial charge in [-0.2, -0.15) is 0 Å². The lowest BCUT2D eigenvalue weighted by Crippen LogP contribution is -2.37. The third-order valence-electron chi connectivity index (χ3n) is 5.90. The number of benzene rings is 1. The van der Waals surface area contributed by atoms with Crippen LogP contribution in [0.1, 0.15) is 56.9 Å². The largest absolute Gasteiger partial charge is 0.356 e. The van der Waals surface area contributed by atoms with Crippen molar-refractivity contribution in [3.05, 3.63) is 29.8 Å². The Labute approximate surface area is 198 Å². The molecule has 1 aromatic rings. The fourth-order valence-electron chi connectivity index (χ4n) is 4.15. The number of unbranched alkanes of at least 4 members (excludes halogenated alkanes) is 2. The molecule has 30 heavy (non-hydrogen) atoms. The molecule has 0 saturated carbocycles. The first kappa shape index (κ1) is 24.9. The van der Waals surface area contributed by atoms with E-state index in [1.54, 1.807) is 0 Å². The highest BCUT2D eigenvalue weighted by molar-refractivity contribution is 14.0. The van der Waals surface area contributed by atoms with Gasteiger partial charge < -0.3 is 20.4 Å². The Hall–Kier alpha value is -1.35. The van der Waals surface area contributed by atoms with Gasteiger partial charge >= 0.3 is 0 Å². The quantitative estimate of drug-likeness (QED) is 0.222. The molecule has 0 aromatic heterocycles. The number of nitrogens with zero attached hydrogens (tertiary/aromatic N) is 3. The van der Waals surface area contributed by atoms with E-state index in [0.29, 0.717) is 6.42 Å². The van der Waals surface area contributed by atoms with E-state index in [-0.39, 0.29) is 29.9 Å². The maximum atomic E-state index is 11.8. The Morgan fingerprint density at radius 2 is 1.73 bits per heavy atom. The van der Waals surface area contributed by atoms with Crippen molar-refractivity contribution < 1.29 is 4.79 Å². The zero-order valence-electron chi connectivity index (χ0n) is 18.4. The average Bonchev–Trinajstić information content (AvgIpc) is 3.19. The monoisotopic (exact) mass is 527 g/mol. The number of guanidine groups is 1. The first-order chi connectivity index (χ1) is 14.3. The molecule has 0 atom stereocenters. The van der Waals surface area contributed by atoms with Crippen molar-refractivity contribution in [2.45, 2.75) is 57.9 Å². The van der Waals surface area contributed by atoms with Gasteiger partial charge in [0.15, 0.2) is 5.96 Å². The Bertz CT molecular complexity index is 658.